The Hall–Kier alpha value is -1.51. The molecule has 3 heteroatoms. The van der Waals surface area contributed by atoms with Gasteiger partial charge in [0.1, 0.15) is 7.63 Å². The first-order chi connectivity index (χ1) is 5.77. The van der Waals surface area contributed by atoms with Crippen molar-refractivity contribution in [1.29, 1.82) is 0 Å². The minimum atomic E-state index is -0.715. The maximum Gasteiger partial charge on any atom is 0.231 e. The predicted octanol–water partition coefficient (Wildman–Crippen LogP) is 1.23. The molecule has 0 spiro atoms. The first kappa shape index (κ1) is 5.18. The summed E-state index contributed by atoms with van der Waals surface area (Å²) >= 11 is 0. The van der Waals surface area contributed by atoms with Crippen LogP contribution in [-0.2, 0) is 0 Å². The Labute approximate surface area is 64.9 Å². The van der Waals surface area contributed by atoms with Gasteiger partial charge in [-0.1, -0.05) is 0 Å². The van der Waals surface area contributed by atoms with Gasteiger partial charge in [0.25, 0.3) is 0 Å². The Morgan fingerprint density at radius 3 is 3.09 bits per heavy atom. The number of carbonyl (C=O) groups excluding carboxylic acids is 1. The van der Waals surface area contributed by atoms with Gasteiger partial charge in [0.05, 0.1) is 0 Å². The van der Waals surface area contributed by atoms with Gasteiger partial charge in [0.15, 0.2) is 11.5 Å². The van der Waals surface area contributed by atoms with Crippen molar-refractivity contribution < 1.29 is 15.6 Å². The Morgan fingerprint density at radius 1 is 1.45 bits per heavy atom. The van der Waals surface area contributed by atoms with Crippen LogP contribution < -0.4 is 9.47 Å². The van der Waals surface area contributed by atoms with Crippen LogP contribution in [0.1, 0.15) is 11.7 Å². The minimum absolute atomic E-state index is 0.185. The maximum absolute atomic E-state index is 10.6. The van der Waals surface area contributed by atoms with Crippen molar-refractivity contribution in [1.82, 2.24) is 0 Å². The van der Waals surface area contributed by atoms with Gasteiger partial charge in [-0.2, -0.15) is 0 Å². The molecule has 0 fully saturated rings. The van der Waals surface area contributed by atoms with E-state index >= 15 is 0 Å². The van der Waals surface area contributed by atoms with E-state index in [-0.39, 0.29) is 6.79 Å². The second-order valence-corrected chi connectivity index (χ2v) is 2.17. The van der Waals surface area contributed by atoms with Crippen LogP contribution in [0.25, 0.3) is 0 Å². The summed E-state index contributed by atoms with van der Waals surface area (Å²) in [6.07, 6.45) is -0.715. The van der Waals surface area contributed by atoms with Crippen LogP contribution >= 0.6 is 0 Å². The van der Waals surface area contributed by atoms with Gasteiger partial charge >= 0.3 is 0 Å². The van der Waals surface area contributed by atoms with E-state index in [1.54, 1.807) is 12.1 Å². The van der Waals surface area contributed by atoms with Gasteiger partial charge in [-0.15, -0.1) is 0 Å². The molecule has 1 heterocycles. The lowest BCUT2D eigenvalue weighted by Gasteiger charge is -1.94. The van der Waals surface area contributed by atoms with E-state index in [4.69, 9.17) is 10.8 Å². The van der Waals surface area contributed by atoms with Crippen LogP contribution in [-0.4, -0.2) is 13.1 Å². The summed E-state index contributed by atoms with van der Waals surface area (Å²) in [6.45, 7) is 0.185. The van der Waals surface area contributed by atoms with Crippen molar-refractivity contribution in [3.63, 3.8) is 0 Å². The first-order valence-corrected chi connectivity index (χ1v) is 3.18. The summed E-state index contributed by atoms with van der Waals surface area (Å²) < 4.78 is 16.9. The molecule has 0 unspecified atom stereocenters. The number of ether oxygens (including phenoxy) is 2. The third-order valence-electron chi connectivity index (χ3n) is 1.49. The number of rotatable bonds is 1. The average Bonchev–Trinajstić information content (AvgIpc) is 2.49. The predicted molar refractivity (Wildman–Crippen MR) is 38.0 cm³/mol. The SMILES string of the molecule is [2H]C(=O)c1ccc2c(c1)OCO2. The van der Waals surface area contributed by atoms with Crippen LogP contribution in [0.3, 0.4) is 0 Å². The minimum Gasteiger partial charge on any atom is -0.454 e. The Kier molecular flexibility index (Phi) is 1.07. The lowest BCUT2D eigenvalue weighted by molar-refractivity contribution is 0.112. The fourth-order valence-electron chi connectivity index (χ4n) is 0.960. The average molecular weight is 151 g/mol. The lowest BCUT2D eigenvalue weighted by Crippen LogP contribution is -1.92. The van der Waals surface area contributed by atoms with Gasteiger partial charge in [0.2, 0.25) is 6.79 Å². The largest absolute Gasteiger partial charge is 0.454 e. The molecule has 1 aliphatic heterocycles. The van der Waals surface area contributed by atoms with Gasteiger partial charge in [-0.25, -0.2) is 0 Å². The van der Waals surface area contributed by atoms with E-state index in [1.807, 2.05) is 0 Å². The second-order valence-electron chi connectivity index (χ2n) is 2.17. The summed E-state index contributed by atoms with van der Waals surface area (Å²) in [6, 6.07) is 4.69. The number of benzene rings is 1. The molecule has 11 heavy (non-hydrogen) atoms. The maximum atomic E-state index is 10.6. The van der Waals surface area contributed by atoms with Crippen LogP contribution in [0.4, 0.5) is 0 Å². The van der Waals surface area contributed by atoms with Gasteiger partial charge in [-0.3, -0.25) is 4.79 Å². The lowest BCUT2D eigenvalue weighted by atomic mass is 10.2. The monoisotopic (exact) mass is 151 g/mol. The molecule has 2 rings (SSSR count). The molecule has 3 nitrogen and oxygen atoms in total. The first-order valence-electron chi connectivity index (χ1n) is 3.68. The summed E-state index contributed by atoms with van der Waals surface area (Å²) in [5.74, 6) is 1.16. The second kappa shape index (κ2) is 2.27. The standard InChI is InChI=1S/C8H6O3/c9-4-6-1-2-7-8(3-6)11-5-10-7/h1-4H,5H2/i4D. The highest BCUT2D eigenvalue weighted by Gasteiger charge is 2.12. The Bertz CT molecular complexity index is 335. The van der Waals surface area contributed by atoms with Crippen molar-refractivity contribution >= 4 is 6.26 Å². The molecular weight excluding hydrogens is 144 g/mol. The highest BCUT2D eigenvalue weighted by Crippen LogP contribution is 2.31. The van der Waals surface area contributed by atoms with E-state index in [1.165, 1.54) is 6.07 Å². The zero-order chi connectivity index (χ0) is 8.55. The molecule has 56 valence electrons. The number of aldehydes is 1. The summed E-state index contributed by atoms with van der Waals surface area (Å²) in [5.41, 5.74) is 0.319. The van der Waals surface area contributed by atoms with Gasteiger partial charge < -0.3 is 9.47 Å². The van der Waals surface area contributed by atoms with E-state index in [0.717, 1.165) is 0 Å². The molecule has 1 aliphatic rings. The topological polar surface area (TPSA) is 35.5 Å². The molecule has 1 aromatic rings. The molecule has 0 atom stereocenters. The van der Waals surface area contributed by atoms with Crippen molar-refractivity contribution in [3.05, 3.63) is 23.8 Å². The quantitative estimate of drug-likeness (QED) is 0.566. The zero-order valence-electron chi connectivity index (χ0n) is 6.66. The van der Waals surface area contributed by atoms with Gasteiger partial charge in [0, 0.05) is 5.56 Å². The number of fused-ring (bicyclic) bond motifs is 1. The molecule has 0 amide bonds. The molecule has 0 saturated carbocycles. The fourth-order valence-corrected chi connectivity index (χ4v) is 0.960. The molecule has 0 bridgehead atoms. The smallest absolute Gasteiger partial charge is 0.231 e. The van der Waals surface area contributed by atoms with Crippen LogP contribution in [0.2, 0.25) is 0 Å². The molecule has 0 radical (unpaired) electrons. The van der Waals surface area contributed by atoms with E-state index in [0.29, 0.717) is 17.1 Å². The molecule has 0 aliphatic carbocycles. The Morgan fingerprint density at radius 2 is 2.27 bits per heavy atom. The molecule has 0 saturated heterocycles. The molecule has 1 aromatic carbocycles. The zero-order valence-corrected chi connectivity index (χ0v) is 5.66. The molecule has 0 N–H and O–H groups in total. The van der Waals surface area contributed by atoms with Crippen molar-refractivity contribution in [3.8, 4) is 11.5 Å². The molecule has 0 aromatic heterocycles. The van der Waals surface area contributed by atoms with Crippen LogP contribution in [0.15, 0.2) is 18.2 Å². The van der Waals surface area contributed by atoms with E-state index in [2.05, 4.69) is 0 Å². The summed E-state index contributed by atoms with van der Waals surface area (Å²) in [4.78, 5) is 10.6. The highest BCUT2D eigenvalue weighted by atomic mass is 16.7. The summed E-state index contributed by atoms with van der Waals surface area (Å²) in [5, 5.41) is 0. The Balaban J connectivity index is 2.45. The van der Waals surface area contributed by atoms with Crippen molar-refractivity contribution in [2.24, 2.45) is 0 Å². The fraction of sp³-hybridized carbons (Fsp3) is 0.125. The molecular formula is C8H6O3. The highest BCUT2D eigenvalue weighted by molar-refractivity contribution is 5.76. The van der Waals surface area contributed by atoms with Crippen LogP contribution in [0, 0.1) is 0 Å². The number of hydrogen-bond donors (Lipinski definition) is 0. The third kappa shape index (κ3) is 0.941. The third-order valence-corrected chi connectivity index (χ3v) is 1.49. The number of carbonyl (C=O) groups is 1. The number of hydrogen-bond acceptors (Lipinski definition) is 3. The van der Waals surface area contributed by atoms with Crippen molar-refractivity contribution in [2.75, 3.05) is 6.79 Å². The van der Waals surface area contributed by atoms with Gasteiger partial charge in [-0.05, 0) is 18.2 Å². The summed E-state index contributed by atoms with van der Waals surface area (Å²) in [7, 11) is 0. The van der Waals surface area contributed by atoms with Crippen LogP contribution in [0.5, 0.6) is 11.5 Å². The van der Waals surface area contributed by atoms with Crippen molar-refractivity contribution in [2.45, 2.75) is 0 Å². The van der Waals surface area contributed by atoms with E-state index in [9.17, 15) is 4.79 Å². The normalized spacial score (nSPS) is 14.4. The van der Waals surface area contributed by atoms with E-state index < -0.39 is 6.26 Å².